The van der Waals surface area contributed by atoms with Gasteiger partial charge < -0.3 is 15.8 Å². The van der Waals surface area contributed by atoms with Crippen molar-refractivity contribution < 1.29 is 4.74 Å². The van der Waals surface area contributed by atoms with Gasteiger partial charge in [0.15, 0.2) is 5.82 Å². The van der Waals surface area contributed by atoms with Gasteiger partial charge in [0.1, 0.15) is 0 Å². The van der Waals surface area contributed by atoms with Crippen molar-refractivity contribution in [2.45, 2.75) is 6.54 Å². The molecule has 0 saturated heterocycles. The second-order valence-electron chi connectivity index (χ2n) is 3.49. The summed E-state index contributed by atoms with van der Waals surface area (Å²) in [5.74, 6) is 1.18. The van der Waals surface area contributed by atoms with E-state index in [2.05, 4.69) is 15.4 Å². The number of methoxy groups -OCH3 is 1. The third kappa shape index (κ3) is 2.87. The predicted octanol–water partition coefficient (Wildman–Crippen LogP) is 0.981. The van der Waals surface area contributed by atoms with Crippen LogP contribution in [-0.2, 0) is 6.54 Å². The van der Waals surface area contributed by atoms with Gasteiger partial charge in [0.2, 0.25) is 5.88 Å². The summed E-state index contributed by atoms with van der Waals surface area (Å²) in [6.07, 6.45) is 3.65. The van der Waals surface area contributed by atoms with Crippen molar-refractivity contribution in [1.29, 1.82) is 0 Å². The van der Waals surface area contributed by atoms with Gasteiger partial charge in [0.25, 0.3) is 0 Å². The van der Waals surface area contributed by atoms with Crippen LogP contribution in [0.5, 0.6) is 5.88 Å². The minimum atomic E-state index is 0.542. The maximum atomic E-state index is 5.80. The molecule has 0 bridgehead atoms. The number of nitrogens with two attached hydrogens (primary N) is 1. The number of aromatic nitrogens is 3. The van der Waals surface area contributed by atoms with Gasteiger partial charge in [-0.05, 0) is 12.1 Å². The molecule has 90 valence electrons. The van der Waals surface area contributed by atoms with Crippen LogP contribution in [0.2, 0.25) is 0 Å². The van der Waals surface area contributed by atoms with Crippen LogP contribution in [0.1, 0.15) is 0 Å². The van der Waals surface area contributed by atoms with E-state index in [9.17, 15) is 0 Å². The highest BCUT2D eigenvalue weighted by Gasteiger charge is 2.02. The molecule has 0 unspecified atom stereocenters. The van der Waals surface area contributed by atoms with Gasteiger partial charge in [0, 0.05) is 25.0 Å². The molecule has 0 aliphatic heterocycles. The van der Waals surface area contributed by atoms with Gasteiger partial charge in [-0.3, -0.25) is 4.68 Å². The van der Waals surface area contributed by atoms with Crippen LogP contribution in [-0.4, -0.2) is 28.4 Å². The predicted molar refractivity (Wildman–Crippen MR) is 65.9 cm³/mol. The molecule has 2 rings (SSSR count). The second-order valence-corrected chi connectivity index (χ2v) is 3.49. The fourth-order valence-corrected chi connectivity index (χ4v) is 1.43. The average molecular weight is 233 g/mol. The first-order chi connectivity index (χ1) is 8.29. The summed E-state index contributed by atoms with van der Waals surface area (Å²) >= 11 is 0. The molecule has 2 heterocycles. The molecule has 0 spiro atoms. The van der Waals surface area contributed by atoms with Gasteiger partial charge in [-0.2, -0.15) is 10.1 Å². The van der Waals surface area contributed by atoms with E-state index >= 15 is 0 Å². The lowest BCUT2D eigenvalue weighted by Crippen LogP contribution is -2.13. The number of nitrogens with one attached hydrogen (secondary N) is 1. The average Bonchev–Trinajstić information content (AvgIpc) is 2.84. The number of ether oxygens (including phenoxy) is 1. The number of pyridine rings is 1. The zero-order chi connectivity index (χ0) is 12.1. The molecule has 3 N–H and O–H groups in total. The van der Waals surface area contributed by atoms with E-state index in [1.54, 1.807) is 25.4 Å². The SMILES string of the molecule is COc1ccc(N)c(NCCn2cccn2)n1. The van der Waals surface area contributed by atoms with E-state index in [1.807, 2.05) is 16.9 Å². The van der Waals surface area contributed by atoms with Crippen LogP contribution in [0, 0.1) is 0 Å². The number of hydrogen-bond donors (Lipinski definition) is 2. The Morgan fingerprint density at radius 1 is 1.47 bits per heavy atom. The lowest BCUT2D eigenvalue weighted by atomic mass is 10.4. The lowest BCUT2D eigenvalue weighted by molar-refractivity contribution is 0.398. The van der Waals surface area contributed by atoms with Crippen molar-refractivity contribution >= 4 is 11.5 Å². The van der Waals surface area contributed by atoms with E-state index in [-0.39, 0.29) is 0 Å². The van der Waals surface area contributed by atoms with E-state index in [1.165, 1.54) is 0 Å². The monoisotopic (exact) mass is 233 g/mol. The molecule has 2 aromatic heterocycles. The van der Waals surface area contributed by atoms with E-state index in [4.69, 9.17) is 10.5 Å². The highest BCUT2D eigenvalue weighted by molar-refractivity contribution is 5.61. The third-order valence-electron chi connectivity index (χ3n) is 2.30. The highest BCUT2D eigenvalue weighted by Crippen LogP contribution is 2.18. The Hall–Kier alpha value is -2.24. The Morgan fingerprint density at radius 3 is 3.06 bits per heavy atom. The maximum absolute atomic E-state index is 5.80. The summed E-state index contributed by atoms with van der Waals surface area (Å²) in [6, 6.07) is 5.38. The molecular weight excluding hydrogens is 218 g/mol. The van der Waals surface area contributed by atoms with Crippen molar-refractivity contribution in [1.82, 2.24) is 14.8 Å². The highest BCUT2D eigenvalue weighted by atomic mass is 16.5. The molecule has 0 aliphatic rings. The summed E-state index contributed by atoms with van der Waals surface area (Å²) in [4.78, 5) is 4.22. The smallest absolute Gasteiger partial charge is 0.215 e. The lowest BCUT2D eigenvalue weighted by Gasteiger charge is -2.09. The van der Waals surface area contributed by atoms with Crippen LogP contribution < -0.4 is 15.8 Å². The molecule has 0 fully saturated rings. The molecular formula is C11H15N5O. The van der Waals surface area contributed by atoms with Crippen molar-refractivity contribution in [2.24, 2.45) is 0 Å². The minimum Gasteiger partial charge on any atom is -0.481 e. The number of anilines is 2. The Balaban J connectivity index is 1.94. The summed E-state index contributed by atoms with van der Waals surface area (Å²) in [6.45, 7) is 1.46. The number of nitrogen functional groups attached to an aromatic ring is 1. The molecule has 0 saturated carbocycles. The fraction of sp³-hybridized carbons (Fsp3) is 0.273. The first-order valence-corrected chi connectivity index (χ1v) is 5.31. The standard InChI is InChI=1S/C11H15N5O/c1-17-10-4-3-9(12)11(15-10)13-6-8-16-7-2-5-14-16/h2-5,7H,6,8,12H2,1H3,(H,13,15). The van der Waals surface area contributed by atoms with Gasteiger partial charge in [-0.25, -0.2) is 0 Å². The largest absolute Gasteiger partial charge is 0.481 e. The van der Waals surface area contributed by atoms with Crippen molar-refractivity contribution in [3.8, 4) is 5.88 Å². The molecule has 6 nitrogen and oxygen atoms in total. The van der Waals surface area contributed by atoms with Crippen LogP contribution in [0.25, 0.3) is 0 Å². The molecule has 2 aromatic rings. The Kier molecular flexibility index (Phi) is 3.44. The van der Waals surface area contributed by atoms with Crippen LogP contribution >= 0.6 is 0 Å². The fourth-order valence-electron chi connectivity index (χ4n) is 1.43. The summed E-state index contributed by atoms with van der Waals surface area (Å²) in [5, 5.41) is 7.25. The number of nitrogens with zero attached hydrogens (tertiary/aromatic N) is 3. The normalized spacial score (nSPS) is 10.2. The zero-order valence-corrected chi connectivity index (χ0v) is 9.63. The quantitative estimate of drug-likeness (QED) is 0.805. The molecule has 6 heteroatoms. The summed E-state index contributed by atoms with van der Waals surface area (Å²) in [5.41, 5.74) is 6.40. The molecule has 0 amide bonds. The van der Waals surface area contributed by atoms with E-state index in [0.717, 1.165) is 6.54 Å². The first-order valence-electron chi connectivity index (χ1n) is 5.31. The van der Waals surface area contributed by atoms with Gasteiger partial charge in [0.05, 0.1) is 19.3 Å². The van der Waals surface area contributed by atoms with Crippen LogP contribution in [0.4, 0.5) is 11.5 Å². The van der Waals surface area contributed by atoms with E-state index in [0.29, 0.717) is 23.9 Å². The molecule has 0 radical (unpaired) electrons. The van der Waals surface area contributed by atoms with Crippen LogP contribution in [0.15, 0.2) is 30.6 Å². The molecule has 0 aromatic carbocycles. The van der Waals surface area contributed by atoms with Gasteiger partial charge >= 0.3 is 0 Å². The zero-order valence-electron chi connectivity index (χ0n) is 9.63. The maximum Gasteiger partial charge on any atom is 0.215 e. The molecule has 17 heavy (non-hydrogen) atoms. The Labute approximate surface area is 99.4 Å². The summed E-state index contributed by atoms with van der Waals surface area (Å²) in [7, 11) is 1.58. The van der Waals surface area contributed by atoms with Crippen molar-refractivity contribution in [3.63, 3.8) is 0 Å². The van der Waals surface area contributed by atoms with E-state index < -0.39 is 0 Å². The van der Waals surface area contributed by atoms with Crippen molar-refractivity contribution in [3.05, 3.63) is 30.6 Å². The van der Waals surface area contributed by atoms with Crippen molar-refractivity contribution in [2.75, 3.05) is 24.7 Å². The Bertz CT molecular complexity index is 469. The second kappa shape index (κ2) is 5.20. The first kappa shape index (κ1) is 11.3. The molecule has 0 atom stereocenters. The number of rotatable bonds is 5. The third-order valence-corrected chi connectivity index (χ3v) is 2.30. The minimum absolute atomic E-state index is 0.542. The summed E-state index contributed by atoms with van der Waals surface area (Å²) < 4.78 is 6.87. The van der Waals surface area contributed by atoms with Gasteiger partial charge in [-0.1, -0.05) is 0 Å². The Morgan fingerprint density at radius 2 is 2.35 bits per heavy atom. The molecule has 0 aliphatic carbocycles. The van der Waals surface area contributed by atoms with Gasteiger partial charge in [-0.15, -0.1) is 0 Å². The topological polar surface area (TPSA) is 78.0 Å². The number of hydrogen-bond acceptors (Lipinski definition) is 5. The van der Waals surface area contributed by atoms with Crippen LogP contribution in [0.3, 0.4) is 0 Å².